The van der Waals surface area contributed by atoms with Gasteiger partial charge < -0.3 is 25.0 Å². The predicted molar refractivity (Wildman–Crippen MR) is 152 cm³/mol. The highest BCUT2D eigenvalue weighted by atomic mass is 35.5. The van der Waals surface area contributed by atoms with Gasteiger partial charge in [0.05, 0.1) is 23.3 Å². The molecule has 0 radical (unpaired) electrons. The van der Waals surface area contributed by atoms with Crippen LogP contribution >= 0.6 is 11.6 Å². The number of methoxy groups -OCH3 is 1. The van der Waals surface area contributed by atoms with E-state index in [0.717, 1.165) is 12.8 Å². The first-order valence-corrected chi connectivity index (χ1v) is 13.2. The van der Waals surface area contributed by atoms with Crippen molar-refractivity contribution in [1.82, 2.24) is 14.9 Å². The standard InChI is InChI=1S/C15H11ClFN3O2.C11H19NO4.C2H6/c1-22-13-6-11-8(5-12(13)21)15(19-7-18-11)20-10-4-2-3-9(16)14(10)17;1-11(2,3)16-10(15)12-7-5-4-6-8(12)9(13)14;1-2/h2-7,21H,1H3,(H,18,19,20);8H,4-7H2,1-3H3,(H,13,14);1-2H3. The molecule has 40 heavy (non-hydrogen) atoms. The van der Waals surface area contributed by atoms with Crippen LogP contribution < -0.4 is 10.1 Å². The molecule has 0 aliphatic carbocycles. The van der Waals surface area contributed by atoms with Crippen molar-refractivity contribution in [3.05, 3.63) is 47.5 Å². The molecule has 4 rings (SSSR count). The fraction of sp³-hybridized carbons (Fsp3) is 0.429. The maximum Gasteiger partial charge on any atom is 0.411 e. The predicted octanol–water partition coefficient (Wildman–Crippen LogP) is 6.77. The van der Waals surface area contributed by atoms with Gasteiger partial charge in [-0.2, -0.15) is 0 Å². The van der Waals surface area contributed by atoms with Gasteiger partial charge in [-0.15, -0.1) is 0 Å². The zero-order valence-electron chi connectivity index (χ0n) is 23.5. The van der Waals surface area contributed by atoms with Crippen LogP contribution in [0.15, 0.2) is 36.7 Å². The Morgan fingerprint density at radius 1 is 1.18 bits per heavy atom. The molecule has 0 saturated carbocycles. The molecule has 1 amide bonds. The minimum Gasteiger partial charge on any atom is -0.504 e. The van der Waals surface area contributed by atoms with Crippen LogP contribution in [0.3, 0.4) is 0 Å². The number of carboxylic acid groups (broad SMARTS) is 1. The molecule has 2 aromatic carbocycles. The Bertz CT molecular complexity index is 1320. The summed E-state index contributed by atoms with van der Waals surface area (Å²) in [5.74, 6) is -0.936. The normalized spacial score (nSPS) is 14.7. The Morgan fingerprint density at radius 3 is 2.50 bits per heavy atom. The smallest absolute Gasteiger partial charge is 0.411 e. The number of fused-ring (bicyclic) bond motifs is 1. The Hall–Kier alpha value is -3.86. The number of hydrogen-bond donors (Lipinski definition) is 3. The van der Waals surface area contributed by atoms with E-state index in [9.17, 15) is 19.1 Å². The molecule has 2 heterocycles. The van der Waals surface area contributed by atoms with Crippen LogP contribution in [-0.4, -0.2) is 62.4 Å². The number of benzene rings is 2. The highest BCUT2D eigenvalue weighted by Crippen LogP contribution is 2.34. The molecule has 1 saturated heterocycles. The number of aliphatic carboxylic acids is 1. The second kappa shape index (κ2) is 14.5. The summed E-state index contributed by atoms with van der Waals surface area (Å²) in [6, 6.07) is 6.92. The fourth-order valence-electron chi connectivity index (χ4n) is 3.79. The van der Waals surface area contributed by atoms with Crippen LogP contribution in [0, 0.1) is 5.82 Å². The first-order chi connectivity index (χ1) is 18.9. The molecule has 12 heteroatoms. The number of hydrogen-bond acceptors (Lipinski definition) is 8. The second-order valence-electron chi connectivity index (χ2n) is 9.51. The third-order valence-corrected chi connectivity index (χ3v) is 5.85. The van der Waals surface area contributed by atoms with E-state index in [1.54, 1.807) is 39.0 Å². The number of likely N-dealkylation sites (tertiary alicyclic amines) is 1. The number of anilines is 2. The SMILES string of the molecule is CC.CC(C)(C)OC(=O)N1CCCCC1C(=O)O.COc1cc2ncnc(Nc3cccc(Cl)c3F)c2cc1O. The number of phenols is 1. The highest BCUT2D eigenvalue weighted by Gasteiger charge is 2.34. The zero-order chi connectivity index (χ0) is 30.0. The van der Waals surface area contributed by atoms with Crippen molar-refractivity contribution in [2.45, 2.75) is 65.5 Å². The molecule has 1 atom stereocenters. The number of nitrogens with one attached hydrogen (secondary N) is 1. The number of carbonyl (C=O) groups is 2. The number of halogens is 2. The summed E-state index contributed by atoms with van der Waals surface area (Å²) >= 11 is 5.76. The van der Waals surface area contributed by atoms with Gasteiger partial charge in [0.15, 0.2) is 17.3 Å². The van der Waals surface area contributed by atoms with Crippen molar-refractivity contribution in [3.63, 3.8) is 0 Å². The summed E-state index contributed by atoms with van der Waals surface area (Å²) in [7, 11) is 1.45. The minimum absolute atomic E-state index is 0.00729. The van der Waals surface area contributed by atoms with Crippen LogP contribution in [0.1, 0.15) is 53.9 Å². The number of rotatable bonds is 4. The summed E-state index contributed by atoms with van der Waals surface area (Å²) in [5.41, 5.74) is 0.148. The maximum absolute atomic E-state index is 14.0. The lowest BCUT2D eigenvalue weighted by atomic mass is 10.0. The van der Waals surface area contributed by atoms with E-state index >= 15 is 0 Å². The van der Waals surface area contributed by atoms with E-state index in [4.69, 9.17) is 26.2 Å². The van der Waals surface area contributed by atoms with Gasteiger partial charge in [-0.25, -0.2) is 23.9 Å². The third-order valence-electron chi connectivity index (χ3n) is 5.56. The Balaban J connectivity index is 0.000000277. The molecule has 0 spiro atoms. The molecule has 3 N–H and O–H groups in total. The van der Waals surface area contributed by atoms with E-state index < -0.39 is 29.5 Å². The fourth-order valence-corrected chi connectivity index (χ4v) is 3.97. The molecule has 1 unspecified atom stereocenters. The molecule has 0 bridgehead atoms. The number of phenolic OH excluding ortho intramolecular Hbond substituents is 1. The minimum atomic E-state index is -0.953. The van der Waals surface area contributed by atoms with Crippen molar-refractivity contribution in [3.8, 4) is 11.5 Å². The Kier molecular flexibility index (Phi) is 11.7. The van der Waals surface area contributed by atoms with Crippen LogP contribution in [-0.2, 0) is 9.53 Å². The van der Waals surface area contributed by atoms with Gasteiger partial charge >= 0.3 is 12.1 Å². The molecule has 10 nitrogen and oxygen atoms in total. The van der Waals surface area contributed by atoms with Crippen LogP contribution in [0.4, 0.5) is 20.7 Å². The van der Waals surface area contributed by atoms with Crippen molar-refractivity contribution >= 4 is 46.1 Å². The number of nitrogens with zero attached hydrogens (tertiary/aromatic N) is 3. The summed E-state index contributed by atoms with van der Waals surface area (Å²) in [5, 5.41) is 22.3. The lowest BCUT2D eigenvalue weighted by Gasteiger charge is -2.34. The molecule has 1 fully saturated rings. The molecular formula is C28H36ClFN4O6. The number of carboxylic acids is 1. The van der Waals surface area contributed by atoms with Crippen LogP contribution in [0.25, 0.3) is 10.9 Å². The Labute approximate surface area is 238 Å². The van der Waals surface area contributed by atoms with Crippen LogP contribution in [0.2, 0.25) is 5.02 Å². The molecule has 218 valence electrons. The molecule has 1 aliphatic rings. The summed E-state index contributed by atoms with van der Waals surface area (Å²) in [6.45, 7) is 9.77. The van der Waals surface area contributed by atoms with Crippen LogP contribution in [0.5, 0.6) is 11.5 Å². The second-order valence-corrected chi connectivity index (χ2v) is 9.92. The average Bonchev–Trinajstić information content (AvgIpc) is 2.92. The van der Waals surface area contributed by atoms with Gasteiger partial charge in [-0.1, -0.05) is 31.5 Å². The summed E-state index contributed by atoms with van der Waals surface area (Å²) < 4.78 is 24.2. The average molecular weight is 579 g/mol. The van der Waals surface area contributed by atoms with E-state index in [2.05, 4.69) is 15.3 Å². The van der Waals surface area contributed by atoms with Gasteiger partial charge in [0.2, 0.25) is 0 Å². The van der Waals surface area contributed by atoms with Gasteiger partial charge in [-0.3, -0.25) is 4.90 Å². The first-order valence-electron chi connectivity index (χ1n) is 12.9. The van der Waals surface area contributed by atoms with E-state index in [1.165, 1.54) is 30.5 Å². The number of piperidine rings is 1. The third kappa shape index (κ3) is 8.57. The maximum atomic E-state index is 14.0. The molecule has 1 aliphatic heterocycles. The van der Waals surface area contributed by atoms with E-state index in [1.807, 2.05) is 13.8 Å². The number of carbonyl (C=O) groups excluding carboxylic acids is 1. The topological polar surface area (TPSA) is 134 Å². The number of ether oxygens (including phenoxy) is 2. The van der Waals surface area contributed by atoms with Crippen molar-refractivity contribution in [2.24, 2.45) is 0 Å². The van der Waals surface area contributed by atoms with Crippen molar-refractivity contribution < 1.29 is 33.7 Å². The van der Waals surface area contributed by atoms with Crippen molar-refractivity contribution in [1.29, 1.82) is 0 Å². The van der Waals surface area contributed by atoms with Crippen molar-refractivity contribution in [2.75, 3.05) is 19.0 Å². The molecular weight excluding hydrogens is 543 g/mol. The Morgan fingerprint density at radius 2 is 1.88 bits per heavy atom. The first kappa shape index (κ1) is 32.4. The number of amides is 1. The summed E-state index contributed by atoms with van der Waals surface area (Å²) in [6.07, 6.45) is 3.00. The zero-order valence-corrected chi connectivity index (χ0v) is 24.3. The highest BCUT2D eigenvalue weighted by molar-refractivity contribution is 6.31. The number of aromatic hydroxyl groups is 1. The quantitative estimate of drug-likeness (QED) is 0.306. The van der Waals surface area contributed by atoms with E-state index in [0.29, 0.717) is 35.4 Å². The largest absolute Gasteiger partial charge is 0.504 e. The summed E-state index contributed by atoms with van der Waals surface area (Å²) in [4.78, 5) is 32.3. The molecule has 3 aromatic rings. The number of aromatic nitrogens is 2. The monoisotopic (exact) mass is 578 g/mol. The lowest BCUT2D eigenvalue weighted by Crippen LogP contribution is -2.49. The van der Waals surface area contributed by atoms with E-state index in [-0.39, 0.29) is 16.5 Å². The van der Waals surface area contributed by atoms with Gasteiger partial charge in [0.1, 0.15) is 23.8 Å². The van der Waals surface area contributed by atoms with Gasteiger partial charge in [0.25, 0.3) is 0 Å². The lowest BCUT2D eigenvalue weighted by molar-refractivity contribution is -0.144. The molecule has 1 aromatic heterocycles. The van der Waals surface area contributed by atoms with Gasteiger partial charge in [-0.05, 0) is 58.2 Å². The van der Waals surface area contributed by atoms with Gasteiger partial charge in [0, 0.05) is 18.0 Å².